The quantitative estimate of drug-likeness (QED) is 0.562. The molecule has 1 amide bonds. The number of para-hydroxylation sites is 1. The molecule has 0 fully saturated rings. The van der Waals surface area contributed by atoms with Crippen molar-refractivity contribution in [3.63, 3.8) is 0 Å². The maximum Gasteiger partial charge on any atom is 0.277 e. The number of aromatic amines is 1. The summed E-state index contributed by atoms with van der Waals surface area (Å²) in [5, 5.41) is 5.02. The van der Waals surface area contributed by atoms with Gasteiger partial charge in [0.15, 0.2) is 6.61 Å². The number of ether oxygens (including phenoxy) is 1. The Morgan fingerprint density at radius 2 is 2.00 bits per heavy atom. The Bertz CT molecular complexity index is 835. The van der Waals surface area contributed by atoms with Gasteiger partial charge in [0.2, 0.25) is 0 Å². The Morgan fingerprint density at radius 1 is 1.22 bits per heavy atom. The van der Waals surface area contributed by atoms with Gasteiger partial charge in [0.05, 0.1) is 6.21 Å². The number of H-pyrrole nitrogens is 1. The van der Waals surface area contributed by atoms with Gasteiger partial charge in [-0.05, 0) is 25.1 Å². The molecule has 1 heterocycles. The number of rotatable bonds is 5. The van der Waals surface area contributed by atoms with E-state index < -0.39 is 0 Å². The minimum Gasteiger partial charge on any atom is -0.484 e. The van der Waals surface area contributed by atoms with Crippen molar-refractivity contribution in [2.45, 2.75) is 6.92 Å². The normalized spacial score (nSPS) is 11.0. The fourth-order valence-electron chi connectivity index (χ4n) is 2.19. The molecule has 3 rings (SSSR count). The van der Waals surface area contributed by atoms with Crippen molar-refractivity contribution in [3.8, 4) is 5.75 Å². The van der Waals surface area contributed by atoms with Crippen LogP contribution < -0.4 is 10.2 Å². The Hall–Kier alpha value is -3.08. The number of aromatic nitrogens is 1. The third kappa shape index (κ3) is 3.77. The first-order chi connectivity index (χ1) is 11.2. The highest BCUT2D eigenvalue weighted by molar-refractivity contribution is 5.99. The Morgan fingerprint density at radius 3 is 2.83 bits per heavy atom. The summed E-state index contributed by atoms with van der Waals surface area (Å²) in [7, 11) is 0. The Balaban J connectivity index is 1.53. The molecule has 0 unspecified atom stereocenters. The van der Waals surface area contributed by atoms with Crippen molar-refractivity contribution in [1.29, 1.82) is 0 Å². The van der Waals surface area contributed by atoms with Crippen LogP contribution in [0.2, 0.25) is 0 Å². The summed E-state index contributed by atoms with van der Waals surface area (Å²) in [5.41, 5.74) is 5.55. The molecular formula is C18H17N3O2. The molecule has 0 radical (unpaired) electrons. The first-order valence-electron chi connectivity index (χ1n) is 7.30. The number of carbonyl (C=O) groups is 1. The lowest BCUT2D eigenvalue weighted by molar-refractivity contribution is -0.123. The van der Waals surface area contributed by atoms with Gasteiger partial charge in [0.1, 0.15) is 5.75 Å². The highest BCUT2D eigenvalue weighted by atomic mass is 16.5. The smallest absolute Gasteiger partial charge is 0.277 e. The first-order valence-corrected chi connectivity index (χ1v) is 7.30. The van der Waals surface area contributed by atoms with Gasteiger partial charge in [0.25, 0.3) is 5.91 Å². The number of nitrogens with zero attached hydrogens (tertiary/aromatic N) is 1. The van der Waals surface area contributed by atoms with Crippen molar-refractivity contribution >= 4 is 23.0 Å². The van der Waals surface area contributed by atoms with Crippen molar-refractivity contribution in [2.24, 2.45) is 5.10 Å². The molecule has 116 valence electrons. The van der Waals surface area contributed by atoms with Gasteiger partial charge in [-0.25, -0.2) is 5.43 Å². The van der Waals surface area contributed by atoms with Gasteiger partial charge in [-0.3, -0.25) is 4.79 Å². The zero-order chi connectivity index (χ0) is 16.1. The number of benzene rings is 2. The van der Waals surface area contributed by atoms with Crippen LogP contribution in [0, 0.1) is 6.92 Å². The predicted molar refractivity (Wildman–Crippen MR) is 90.7 cm³/mol. The summed E-state index contributed by atoms with van der Waals surface area (Å²) >= 11 is 0. The molecule has 1 aromatic heterocycles. The van der Waals surface area contributed by atoms with Crippen LogP contribution in [0.3, 0.4) is 0 Å². The fraction of sp³-hybridized carbons (Fsp3) is 0.111. The maximum atomic E-state index is 11.7. The summed E-state index contributed by atoms with van der Waals surface area (Å²) in [6.07, 6.45) is 3.46. The molecule has 0 spiro atoms. The number of nitrogens with one attached hydrogen (secondary N) is 2. The van der Waals surface area contributed by atoms with Crippen LogP contribution in [-0.4, -0.2) is 23.7 Å². The minimum atomic E-state index is -0.304. The molecule has 23 heavy (non-hydrogen) atoms. The van der Waals surface area contributed by atoms with Gasteiger partial charge in [-0.1, -0.05) is 35.9 Å². The van der Waals surface area contributed by atoms with E-state index in [0.29, 0.717) is 5.75 Å². The van der Waals surface area contributed by atoms with E-state index >= 15 is 0 Å². The van der Waals surface area contributed by atoms with E-state index in [1.165, 1.54) is 0 Å². The van der Waals surface area contributed by atoms with E-state index in [2.05, 4.69) is 15.5 Å². The van der Waals surface area contributed by atoms with Crippen LogP contribution >= 0.6 is 0 Å². The van der Waals surface area contributed by atoms with Crippen LogP contribution in [0.1, 0.15) is 11.1 Å². The highest BCUT2D eigenvalue weighted by Gasteiger charge is 2.02. The van der Waals surface area contributed by atoms with E-state index in [1.54, 1.807) is 6.21 Å². The SMILES string of the molecule is Cc1ccc(OCC(=O)N/N=C/c2c[nH]c3ccccc23)cc1. The number of hydrazone groups is 1. The molecule has 0 aliphatic carbocycles. The zero-order valence-corrected chi connectivity index (χ0v) is 12.7. The van der Waals surface area contributed by atoms with Crippen molar-refractivity contribution in [2.75, 3.05) is 6.61 Å². The second-order valence-corrected chi connectivity index (χ2v) is 5.18. The summed E-state index contributed by atoms with van der Waals surface area (Å²) in [4.78, 5) is 14.9. The topological polar surface area (TPSA) is 66.5 Å². The number of hydrogen-bond acceptors (Lipinski definition) is 3. The summed E-state index contributed by atoms with van der Waals surface area (Å²) in [6, 6.07) is 15.4. The van der Waals surface area contributed by atoms with E-state index in [4.69, 9.17) is 4.74 Å². The van der Waals surface area contributed by atoms with Crippen molar-refractivity contribution in [1.82, 2.24) is 10.4 Å². The van der Waals surface area contributed by atoms with Gasteiger partial charge >= 0.3 is 0 Å². The molecule has 3 aromatic rings. The molecule has 0 aliphatic rings. The van der Waals surface area contributed by atoms with E-state index in [0.717, 1.165) is 22.0 Å². The largest absolute Gasteiger partial charge is 0.484 e. The number of hydrogen-bond donors (Lipinski definition) is 2. The van der Waals surface area contributed by atoms with Crippen LogP contribution in [0.4, 0.5) is 0 Å². The maximum absolute atomic E-state index is 11.7. The second-order valence-electron chi connectivity index (χ2n) is 5.18. The van der Waals surface area contributed by atoms with E-state index in [1.807, 2.05) is 61.7 Å². The molecule has 0 aliphatic heterocycles. The molecule has 0 atom stereocenters. The lowest BCUT2D eigenvalue weighted by atomic mass is 10.2. The van der Waals surface area contributed by atoms with Crippen molar-refractivity contribution < 1.29 is 9.53 Å². The average Bonchev–Trinajstić information content (AvgIpc) is 2.98. The number of aryl methyl sites for hydroxylation is 1. The molecule has 2 aromatic carbocycles. The summed E-state index contributed by atoms with van der Waals surface area (Å²) in [6.45, 7) is 1.92. The lowest BCUT2D eigenvalue weighted by Gasteiger charge is -2.04. The van der Waals surface area contributed by atoms with Crippen LogP contribution in [0.15, 0.2) is 59.8 Å². The Kier molecular flexibility index (Phi) is 4.38. The molecule has 5 heteroatoms. The van der Waals surface area contributed by atoms with Crippen LogP contribution in [0.5, 0.6) is 5.75 Å². The first kappa shape index (κ1) is 14.8. The number of fused-ring (bicyclic) bond motifs is 1. The monoisotopic (exact) mass is 307 g/mol. The number of carbonyl (C=O) groups excluding carboxylic acids is 1. The number of amides is 1. The van der Waals surface area contributed by atoms with Crippen LogP contribution in [-0.2, 0) is 4.79 Å². The van der Waals surface area contributed by atoms with Gasteiger partial charge in [-0.2, -0.15) is 5.10 Å². The molecule has 0 saturated heterocycles. The van der Waals surface area contributed by atoms with Gasteiger partial charge in [-0.15, -0.1) is 0 Å². The van der Waals surface area contributed by atoms with Crippen LogP contribution in [0.25, 0.3) is 10.9 Å². The molecular weight excluding hydrogens is 290 g/mol. The highest BCUT2D eigenvalue weighted by Crippen LogP contribution is 2.15. The minimum absolute atomic E-state index is 0.0751. The second kappa shape index (κ2) is 6.79. The lowest BCUT2D eigenvalue weighted by Crippen LogP contribution is -2.24. The molecule has 0 bridgehead atoms. The van der Waals surface area contributed by atoms with Gasteiger partial charge < -0.3 is 9.72 Å². The third-order valence-corrected chi connectivity index (χ3v) is 3.41. The van der Waals surface area contributed by atoms with E-state index in [-0.39, 0.29) is 12.5 Å². The van der Waals surface area contributed by atoms with E-state index in [9.17, 15) is 4.79 Å². The molecule has 2 N–H and O–H groups in total. The standard InChI is InChI=1S/C18H17N3O2/c1-13-6-8-15(9-7-13)23-12-18(22)21-20-11-14-10-19-17-5-3-2-4-16(14)17/h2-11,19H,12H2,1H3,(H,21,22)/b20-11+. The summed E-state index contributed by atoms with van der Waals surface area (Å²) < 4.78 is 5.39. The van der Waals surface area contributed by atoms with Gasteiger partial charge in [0, 0.05) is 22.7 Å². The average molecular weight is 307 g/mol. The zero-order valence-electron chi connectivity index (χ0n) is 12.7. The Labute approximate surface area is 134 Å². The predicted octanol–water partition coefficient (Wildman–Crippen LogP) is 3.01. The van der Waals surface area contributed by atoms with Crippen molar-refractivity contribution in [3.05, 3.63) is 65.9 Å². The molecule has 5 nitrogen and oxygen atoms in total. The third-order valence-electron chi connectivity index (χ3n) is 3.41. The summed E-state index contributed by atoms with van der Waals surface area (Å²) in [5.74, 6) is 0.355. The molecule has 0 saturated carbocycles. The fourth-order valence-corrected chi connectivity index (χ4v) is 2.19.